The average Bonchev–Trinajstić information content (AvgIpc) is 3.02. The maximum absolute atomic E-state index is 13.3. The van der Waals surface area contributed by atoms with Crippen LogP contribution in [0.1, 0.15) is 35.4 Å². The van der Waals surface area contributed by atoms with E-state index in [2.05, 4.69) is 15.3 Å². The molecular formula is C20H21FN6O. The summed E-state index contributed by atoms with van der Waals surface area (Å²) in [7, 11) is 0. The van der Waals surface area contributed by atoms with Crippen LogP contribution >= 0.6 is 0 Å². The molecule has 0 saturated heterocycles. The number of nitrogens with one attached hydrogen (secondary N) is 4. The Hall–Kier alpha value is -3.29. The third kappa shape index (κ3) is 3.45. The summed E-state index contributed by atoms with van der Waals surface area (Å²) >= 11 is 0. The van der Waals surface area contributed by atoms with E-state index in [0.29, 0.717) is 35.7 Å². The zero-order chi connectivity index (χ0) is 19.7. The average molecular weight is 380 g/mol. The number of amides is 1. The van der Waals surface area contributed by atoms with Gasteiger partial charge in [-0.2, -0.15) is 0 Å². The van der Waals surface area contributed by atoms with Crippen LogP contribution in [0.3, 0.4) is 0 Å². The van der Waals surface area contributed by atoms with Crippen LogP contribution in [0.2, 0.25) is 0 Å². The monoisotopic (exact) mass is 380 g/mol. The van der Waals surface area contributed by atoms with Crippen LogP contribution < -0.4 is 10.8 Å². The predicted molar refractivity (Wildman–Crippen MR) is 103 cm³/mol. The second-order valence-electron chi connectivity index (χ2n) is 7.00. The van der Waals surface area contributed by atoms with E-state index >= 15 is 0 Å². The topological polar surface area (TPSA) is 110 Å². The predicted octanol–water partition coefficient (Wildman–Crippen LogP) is 2.58. The maximum atomic E-state index is 13.3. The Morgan fingerprint density at radius 1 is 1.36 bits per heavy atom. The number of fused-ring (bicyclic) bond motifs is 1. The molecule has 0 radical (unpaired) electrons. The van der Waals surface area contributed by atoms with Gasteiger partial charge in [0.25, 0.3) is 5.91 Å². The van der Waals surface area contributed by atoms with Gasteiger partial charge >= 0.3 is 0 Å². The number of carbonyl (C=O) groups excluding carboxylic acids is 1. The highest BCUT2D eigenvalue weighted by Gasteiger charge is 2.24. The number of rotatable bonds is 5. The van der Waals surface area contributed by atoms with Crippen LogP contribution in [0.5, 0.6) is 0 Å². The van der Waals surface area contributed by atoms with Gasteiger partial charge in [0.15, 0.2) is 0 Å². The molecule has 2 aromatic heterocycles. The van der Waals surface area contributed by atoms with Gasteiger partial charge in [0, 0.05) is 25.1 Å². The van der Waals surface area contributed by atoms with Crippen molar-refractivity contribution in [3.05, 3.63) is 59.2 Å². The third-order valence-electron chi connectivity index (χ3n) is 5.13. The number of aromatic amines is 1. The standard InChI is InChI=1S/C20H21FN6O/c21-13-6-7-15-16(11-13)26-17(25-15)8-9-24-20(28)14-5-2-10-27(19(14)23)18(22)12-3-1-4-12/h2,5-7,10-12,22-23H,1,3-4,8-9H2,(H,24,28)(H,25,26). The van der Waals surface area contributed by atoms with Gasteiger partial charge in [0.2, 0.25) is 0 Å². The summed E-state index contributed by atoms with van der Waals surface area (Å²) in [5.41, 5.74) is 1.55. The minimum atomic E-state index is -0.358. The highest BCUT2D eigenvalue weighted by Crippen LogP contribution is 2.27. The number of H-pyrrole nitrogens is 1. The Bertz CT molecular complexity index is 1110. The van der Waals surface area contributed by atoms with Gasteiger partial charge in [0.1, 0.15) is 23.0 Å². The van der Waals surface area contributed by atoms with Crippen LogP contribution in [0.4, 0.5) is 4.39 Å². The highest BCUT2D eigenvalue weighted by atomic mass is 19.1. The zero-order valence-corrected chi connectivity index (χ0v) is 15.3. The molecule has 0 bridgehead atoms. The number of carbonyl (C=O) groups is 1. The summed E-state index contributed by atoms with van der Waals surface area (Å²) in [6.45, 7) is 0.329. The van der Waals surface area contributed by atoms with Crippen molar-refractivity contribution in [3.63, 3.8) is 0 Å². The summed E-state index contributed by atoms with van der Waals surface area (Å²) in [6.07, 6.45) is 5.15. The van der Waals surface area contributed by atoms with Gasteiger partial charge in [-0.3, -0.25) is 20.2 Å². The van der Waals surface area contributed by atoms with Gasteiger partial charge in [-0.25, -0.2) is 9.37 Å². The van der Waals surface area contributed by atoms with Gasteiger partial charge in [-0.15, -0.1) is 0 Å². The van der Waals surface area contributed by atoms with Crippen molar-refractivity contribution in [2.45, 2.75) is 25.7 Å². The first kappa shape index (κ1) is 18.1. The van der Waals surface area contributed by atoms with E-state index in [1.54, 1.807) is 24.4 Å². The molecule has 1 amide bonds. The quantitative estimate of drug-likeness (QED) is 0.403. The van der Waals surface area contributed by atoms with Crippen molar-refractivity contribution in [2.24, 2.45) is 5.92 Å². The normalized spacial score (nSPS) is 14.0. The lowest BCUT2D eigenvalue weighted by molar-refractivity contribution is 0.0951. The van der Waals surface area contributed by atoms with E-state index in [-0.39, 0.29) is 28.7 Å². The summed E-state index contributed by atoms with van der Waals surface area (Å²) in [4.78, 5) is 19.9. The Morgan fingerprint density at radius 2 is 2.18 bits per heavy atom. The van der Waals surface area contributed by atoms with E-state index in [9.17, 15) is 9.18 Å². The number of hydrogen-bond donors (Lipinski definition) is 4. The first-order valence-electron chi connectivity index (χ1n) is 9.30. The molecule has 3 aromatic rings. The van der Waals surface area contributed by atoms with E-state index in [1.165, 1.54) is 16.7 Å². The molecule has 8 heteroatoms. The lowest BCUT2D eigenvalue weighted by Gasteiger charge is -2.27. The van der Waals surface area contributed by atoms with Crippen LogP contribution in [0.15, 0.2) is 36.5 Å². The smallest absolute Gasteiger partial charge is 0.255 e. The molecule has 0 unspecified atom stereocenters. The summed E-state index contributed by atoms with van der Waals surface area (Å²) < 4.78 is 14.7. The number of halogens is 1. The van der Waals surface area contributed by atoms with E-state index in [1.807, 2.05) is 0 Å². The van der Waals surface area contributed by atoms with Gasteiger partial charge in [-0.05, 0) is 43.2 Å². The number of pyridine rings is 1. The van der Waals surface area contributed by atoms with Crippen molar-refractivity contribution >= 4 is 22.8 Å². The van der Waals surface area contributed by atoms with Crippen LogP contribution in [0.25, 0.3) is 11.0 Å². The molecule has 1 fully saturated rings. The van der Waals surface area contributed by atoms with E-state index in [4.69, 9.17) is 10.8 Å². The lowest BCUT2D eigenvalue weighted by atomic mass is 9.84. The minimum absolute atomic E-state index is 0.0242. The number of imidazole rings is 1. The Kier molecular flexibility index (Phi) is 4.77. The number of nitrogens with zero attached hydrogens (tertiary/aromatic N) is 2. The second-order valence-corrected chi connectivity index (χ2v) is 7.00. The first-order chi connectivity index (χ1) is 13.5. The molecule has 1 aliphatic carbocycles. The molecule has 144 valence electrons. The molecule has 0 spiro atoms. The van der Waals surface area contributed by atoms with E-state index in [0.717, 1.165) is 19.3 Å². The van der Waals surface area contributed by atoms with Crippen LogP contribution in [0, 0.1) is 22.6 Å². The highest BCUT2D eigenvalue weighted by molar-refractivity contribution is 5.94. The van der Waals surface area contributed by atoms with E-state index < -0.39 is 0 Å². The Labute approximate surface area is 160 Å². The molecule has 1 aromatic carbocycles. The van der Waals surface area contributed by atoms with Gasteiger partial charge < -0.3 is 10.3 Å². The van der Waals surface area contributed by atoms with Crippen molar-refractivity contribution in [1.82, 2.24) is 19.9 Å². The number of aromatic nitrogens is 3. The second kappa shape index (κ2) is 7.38. The molecular weight excluding hydrogens is 359 g/mol. The fraction of sp³-hybridized carbons (Fsp3) is 0.300. The summed E-state index contributed by atoms with van der Waals surface area (Å²) in [6, 6.07) is 7.63. The van der Waals surface area contributed by atoms with Crippen molar-refractivity contribution in [2.75, 3.05) is 6.54 Å². The molecule has 1 saturated carbocycles. The van der Waals surface area contributed by atoms with Gasteiger partial charge in [-0.1, -0.05) is 6.42 Å². The maximum Gasteiger partial charge on any atom is 0.255 e. The SMILES string of the molecule is N=C(C1CCC1)n1cccc(C(=O)NCCc2nc3ccc(F)cc3[nH]2)c1=N. The van der Waals surface area contributed by atoms with Crippen molar-refractivity contribution in [3.8, 4) is 0 Å². The number of hydrogen-bond acceptors (Lipinski definition) is 4. The van der Waals surface area contributed by atoms with Crippen molar-refractivity contribution in [1.29, 1.82) is 10.8 Å². The third-order valence-corrected chi connectivity index (χ3v) is 5.13. The molecule has 0 atom stereocenters. The van der Waals surface area contributed by atoms with Gasteiger partial charge in [0.05, 0.1) is 16.6 Å². The molecule has 28 heavy (non-hydrogen) atoms. The molecule has 1 aliphatic rings. The molecule has 2 heterocycles. The van der Waals surface area contributed by atoms with Crippen molar-refractivity contribution < 1.29 is 9.18 Å². The lowest BCUT2D eigenvalue weighted by Crippen LogP contribution is -2.39. The fourth-order valence-corrected chi connectivity index (χ4v) is 3.31. The fourth-order valence-electron chi connectivity index (χ4n) is 3.31. The van der Waals surface area contributed by atoms with Crippen LogP contribution in [-0.4, -0.2) is 32.8 Å². The minimum Gasteiger partial charge on any atom is -0.351 e. The largest absolute Gasteiger partial charge is 0.351 e. The zero-order valence-electron chi connectivity index (χ0n) is 15.3. The Morgan fingerprint density at radius 3 is 2.93 bits per heavy atom. The molecule has 7 nitrogen and oxygen atoms in total. The Balaban J connectivity index is 1.42. The first-order valence-corrected chi connectivity index (χ1v) is 9.30. The molecule has 0 aliphatic heterocycles. The summed E-state index contributed by atoms with van der Waals surface area (Å²) in [5.74, 6) is 0.513. The summed E-state index contributed by atoms with van der Waals surface area (Å²) in [5, 5.41) is 19.3. The van der Waals surface area contributed by atoms with Crippen LogP contribution in [-0.2, 0) is 6.42 Å². The number of benzene rings is 1. The molecule has 4 rings (SSSR count). The molecule has 4 N–H and O–H groups in total.